The van der Waals surface area contributed by atoms with Crippen molar-refractivity contribution in [1.82, 2.24) is 9.78 Å². The van der Waals surface area contributed by atoms with Crippen molar-refractivity contribution in [1.29, 1.82) is 0 Å². The quantitative estimate of drug-likeness (QED) is 0.494. The van der Waals surface area contributed by atoms with Gasteiger partial charge in [-0.05, 0) is 48.9 Å². The molecule has 1 aromatic heterocycles. The van der Waals surface area contributed by atoms with Crippen LogP contribution in [0.3, 0.4) is 0 Å². The molecule has 0 saturated heterocycles. The number of aryl methyl sites for hydroxylation is 2. The lowest BCUT2D eigenvalue weighted by atomic mass is 10.1. The van der Waals surface area contributed by atoms with Gasteiger partial charge in [0, 0.05) is 7.05 Å². The summed E-state index contributed by atoms with van der Waals surface area (Å²) in [6.45, 7) is 1.99. The number of ether oxygens (including phenoxy) is 1. The first-order valence-corrected chi connectivity index (χ1v) is 8.38. The molecule has 0 saturated carbocycles. The third-order valence-corrected chi connectivity index (χ3v) is 3.93. The Kier molecular flexibility index (Phi) is 5.69. The molecule has 0 aliphatic carbocycles. The van der Waals surface area contributed by atoms with Crippen molar-refractivity contribution < 1.29 is 23.9 Å². The number of carboxylic acid groups (broad SMARTS) is 1. The molecule has 0 atom stereocenters. The Morgan fingerprint density at radius 3 is 2.54 bits per heavy atom. The minimum Gasteiger partial charge on any atom is -0.478 e. The average molecular weight is 383 g/mol. The average Bonchev–Trinajstić information content (AvgIpc) is 2.94. The van der Waals surface area contributed by atoms with E-state index in [0.29, 0.717) is 22.9 Å². The summed E-state index contributed by atoms with van der Waals surface area (Å²) >= 11 is 0. The number of halogens is 1. The second-order valence-electron chi connectivity index (χ2n) is 5.99. The molecule has 3 rings (SSSR count). The van der Waals surface area contributed by atoms with E-state index in [2.05, 4.69) is 10.3 Å². The fourth-order valence-corrected chi connectivity index (χ4v) is 2.48. The minimum atomic E-state index is -0.980. The highest BCUT2D eigenvalue weighted by Crippen LogP contribution is 2.26. The van der Waals surface area contributed by atoms with Gasteiger partial charge in [0.2, 0.25) is 5.88 Å². The highest BCUT2D eigenvalue weighted by Gasteiger charge is 2.14. The molecule has 3 aromatic rings. The summed E-state index contributed by atoms with van der Waals surface area (Å²) in [7, 11) is 1.73. The topological polar surface area (TPSA) is 85.9 Å². The van der Waals surface area contributed by atoms with Crippen LogP contribution in [0.5, 0.6) is 11.6 Å². The first-order valence-electron chi connectivity index (χ1n) is 8.38. The van der Waals surface area contributed by atoms with Gasteiger partial charge in [0.25, 0.3) is 0 Å². The van der Waals surface area contributed by atoms with E-state index < -0.39 is 5.97 Å². The third-order valence-electron chi connectivity index (χ3n) is 3.93. The van der Waals surface area contributed by atoms with Crippen LogP contribution < -0.4 is 4.74 Å². The highest BCUT2D eigenvalue weighted by molar-refractivity contribution is 5.87. The van der Waals surface area contributed by atoms with E-state index in [-0.39, 0.29) is 18.0 Å². The largest absolute Gasteiger partial charge is 0.478 e. The molecule has 1 N–H and O–H groups in total. The van der Waals surface area contributed by atoms with Crippen LogP contribution in [0.25, 0.3) is 0 Å². The standard InChI is InChI=1S/C20H18FN3O4/c1-13-18(11-22-27-12-14-3-5-15(6-4-14)20(25)26)19(24(2)23-13)28-17-9-7-16(21)8-10-17/h3-11H,12H2,1-2H3,(H,25,26). The van der Waals surface area contributed by atoms with Crippen molar-refractivity contribution in [3.63, 3.8) is 0 Å². The summed E-state index contributed by atoms with van der Waals surface area (Å²) in [4.78, 5) is 16.1. The van der Waals surface area contributed by atoms with Crippen LogP contribution in [0.15, 0.2) is 53.7 Å². The van der Waals surface area contributed by atoms with Crippen molar-refractivity contribution in [2.45, 2.75) is 13.5 Å². The van der Waals surface area contributed by atoms with Gasteiger partial charge in [0.05, 0.1) is 23.0 Å². The molecule has 28 heavy (non-hydrogen) atoms. The number of aromatic carboxylic acids is 1. The van der Waals surface area contributed by atoms with Gasteiger partial charge in [-0.1, -0.05) is 17.3 Å². The summed E-state index contributed by atoms with van der Waals surface area (Å²) < 4.78 is 20.4. The maximum atomic E-state index is 13.1. The summed E-state index contributed by atoms with van der Waals surface area (Å²) in [5.41, 5.74) is 2.32. The number of hydrogen-bond donors (Lipinski definition) is 1. The molecular weight excluding hydrogens is 365 g/mol. The summed E-state index contributed by atoms with van der Waals surface area (Å²) in [6.07, 6.45) is 1.49. The first kappa shape index (κ1) is 19.1. The van der Waals surface area contributed by atoms with E-state index in [1.165, 1.54) is 42.6 Å². The molecule has 0 aliphatic heterocycles. The predicted molar refractivity (Wildman–Crippen MR) is 100 cm³/mol. The molecule has 0 bridgehead atoms. The molecule has 0 fully saturated rings. The Morgan fingerprint density at radius 2 is 1.89 bits per heavy atom. The number of aromatic nitrogens is 2. The minimum absolute atomic E-state index is 0.184. The van der Waals surface area contributed by atoms with Gasteiger partial charge >= 0.3 is 5.97 Å². The smallest absolute Gasteiger partial charge is 0.335 e. The molecular formula is C20H18FN3O4. The number of oxime groups is 1. The Morgan fingerprint density at radius 1 is 1.21 bits per heavy atom. The summed E-state index contributed by atoms with van der Waals surface area (Å²) in [5.74, 6) is -0.410. The molecule has 2 aromatic carbocycles. The van der Waals surface area contributed by atoms with Gasteiger partial charge in [0.1, 0.15) is 18.2 Å². The predicted octanol–water partition coefficient (Wildman–Crippen LogP) is 3.91. The van der Waals surface area contributed by atoms with Gasteiger partial charge in [-0.2, -0.15) is 5.10 Å². The Hall–Kier alpha value is -3.68. The Bertz CT molecular complexity index is 996. The number of nitrogens with zero attached hydrogens (tertiary/aromatic N) is 3. The molecule has 0 spiro atoms. The number of hydrogen-bond acceptors (Lipinski definition) is 5. The molecule has 0 aliphatic rings. The van der Waals surface area contributed by atoms with Crippen LogP contribution in [-0.2, 0) is 18.5 Å². The molecule has 0 radical (unpaired) electrons. The van der Waals surface area contributed by atoms with E-state index in [1.807, 2.05) is 6.92 Å². The zero-order valence-electron chi connectivity index (χ0n) is 15.3. The normalized spacial score (nSPS) is 11.0. The fraction of sp³-hybridized carbons (Fsp3) is 0.150. The Balaban J connectivity index is 1.67. The van der Waals surface area contributed by atoms with Crippen molar-refractivity contribution >= 4 is 12.2 Å². The second kappa shape index (κ2) is 8.34. The monoisotopic (exact) mass is 383 g/mol. The van der Waals surface area contributed by atoms with Crippen LogP contribution in [0, 0.1) is 12.7 Å². The number of carbonyl (C=O) groups is 1. The zero-order valence-corrected chi connectivity index (χ0v) is 15.3. The van der Waals surface area contributed by atoms with Crippen molar-refractivity contribution in [3.05, 3.63) is 76.7 Å². The maximum Gasteiger partial charge on any atom is 0.335 e. The van der Waals surface area contributed by atoms with Crippen molar-refractivity contribution in [2.75, 3.05) is 0 Å². The first-order chi connectivity index (χ1) is 13.4. The van der Waals surface area contributed by atoms with E-state index in [9.17, 15) is 9.18 Å². The van der Waals surface area contributed by atoms with Crippen LogP contribution >= 0.6 is 0 Å². The van der Waals surface area contributed by atoms with Crippen LogP contribution in [0.2, 0.25) is 0 Å². The van der Waals surface area contributed by atoms with Crippen molar-refractivity contribution in [2.24, 2.45) is 12.2 Å². The summed E-state index contributed by atoms with van der Waals surface area (Å²) in [6, 6.07) is 12.0. The van der Waals surface area contributed by atoms with Crippen LogP contribution in [0.1, 0.15) is 27.2 Å². The number of rotatable bonds is 7. The lowest BCUT2D eigenvalue weighted by Gasteiger charge is -2.07. The molecule has 1 heterocycles. The highest BCUT2D eigenvalue weighted by atomic mass is 19.1. The van der Waals surface area contributed by atoms with Gasteiger partial charge in [-0.3, -0.25) is 0 Å². The molecule has 144 valence electrons. The Labute approximate surface area is 160 Å². The second-order valence-corrected chi connectivity index (χ2v) is 5.99. The van der Waals surface area contributed by atoms with Crippen LogP contribution in [-0.4, -0.2) is 27.1 Å². The SMILES string of the molecule is Cc1nn(C)c(Oc2ccc(F)cc2)c1C=NOCc1ccc(C(=O)O)cc1. The molecule has 0 unspecified atom stereocenters. The molecule has 7 nitrogen and oxygen atoms in total. The lowest BCUT2D eigenvalue weighted by molar-refractivity contribution is 0.0696. The number of benzene rings is 2. The molecule has 0 amide bonds. The van der Waals surface area contributed by atoms with Gasteiger partial charge in [-0.25, -0.2) is 13.9 Å². The zero-order chi connectivity index (χ0) is 20.1. The summed E-state index contributed by atoms with van der Waals surface area (Å²) in [5, 5.41) is 17.1. The van der Waals surface area contributed by atoms with Gasteiger partial charge in [-0.15, -0.1) is 0 Å². The van der Waals surface area contributed by atoms with E-state index in [4.69, 9.17) is 14.7 Å². The van der Waals surface area contributed by atoms with Gasteiger partial charge in [0.15, 0.2) is 0 Å². The van der Waals surface area contributed by atoms with Crippen LogP contribution in [0.4, 0.5) is 4.39 Å². The van der Waals surface area contributed by atoms with Gasteiger partial charge < -0.3 is 14.7 Å². The fourth-order valence-electron chi connectivity index (χ4n) is 2.48. The molecule has 8 heteroatoms. The van der Waals surface area contributed by atoms with Crippen molar-refractivity contribution in [3.8, 4) is 11.6 Å². The lowest BCUT2D eigenvalue weighted by Crippen LogP contribution is -1.97. The van der Waals surface area contributed by atoms with E-state index >= 15 is 0 Å². The van der Waals surface area contributed by atoms with E-state index in [0.717, 1.165) is 5.56 Å². The third kappa shape index (κ3) is 4.53. The maximum absolute atomic E-state index is 13.1. The number of carboxylic acids is 1. The van der Waals surface area contributed by atoms with E-state index in [1.54, 1.807) is 23.9 Å².